The second-order valence-electron chi connectivity index (χ2n) is 5.10. The molecule has 4 heteroatoms. The zero-order valence-corrected chi connectivity index (χ0v) is 13.1. The number of rotatable bonds is 7. The van der Waals surface area contributed by atoms with Gasteiger partial charge in [-0.1, -0.05) is 13.0 Å². The van der Waals surface area contributed by atoms with Crippen LogP contribution in [0, 0.1) is 0 Å². The van der Waals surface area contributed by atoms with Gasteiger partial charge in [0.1, 0.15) is 5.76 Å². The maximum Gasteiger partial charge on any atom is 0.161 e. The van der Waals surface area contributed by atoms with Crippen LogP contribution in [0.1, 0.15) is 37.8 Å². The van der Waals surface area contributed by atoms with E-state index >= 15 is 0 Å². The molecule has 1 N–H and O–H groups in total. The molecule has 0 spiro atoms. The topological polar surface area (TPSA) is 39.7 Å². The molecule has 2 rings (SSSR count). The van der Waals surface area contributed by atoms with Crippen LogP contribution in [-0.4, -0.2) is 27.4 Å². The highest BCUT2D eigenvalue weighted by Gasteiger charge is 2.20. The molecule has 4 nitrogen and oxygen atoms in total. The summed E-state index contributed by atoms with van der Waals surface area (Å²) in [4.78, 5) is 0. The molecule has 0 radical (unpaired) electrons. The smallest absolute Gasteiger partial charge is 0.161 e. The van der Waals surface area contributed by atoms with Crippen LogP contribution >= 0.6 is 0 Å². The van der Waals surface area contributed by atoms with Gasteiger partial charge in [0.25, 0.3) is 0 Å². The molecular weight excluding hydrogens is 266 g/mol. The van der Waals surface area contributed by atoms with E-state index in [-0.39, 0.29) is 6.04 Å². The minimum absolute atomic E-state index is 0.0741. The molecule has 1 aliphatic heterocycles. The van der Waals surface area contributed by atoms with E-state index in [9.17, 15) is 0 Å². The van der Waals surface area contributed by atoms with Crippen LogP contribution < -0.4 is 14.8 Å². The maximum atomic E-state index is 5.85. The van der Waals surface area contributed by atoms with Crippen LogP contribution in [0.4, 0.5) is 0 Å². The van der Waals surface area contributed by atoms with Gasteiger partial charge in [-0.2, -0.15) is 0 Å². The molecule has 1 aromatic rings. The fraction of sp³-hybridized carbons (Fsp3) is 0.529. The summed E-state index contributed by atoms with van der Waals surface area (Å²) in [5, 5.41) is 3.55. The SMILES string of the molecule is CCCNC(C1=CCCCO1)c1ccc(OC)c(OC)c1. The zero-order chi connectivity index (χ0) is 15.1. The molecule has 0 saturated heterocycles. The van der Waals surface area contributed by atoms with Crippen molar-refractivity contribution in [3.05, 3.63) is 35.6 Å². The first-order valence-corrected chi connectivity index (χ1v) is 7.58. The van der Waals surface area contributed by atoms with E-state index in [1.165, 1.54) is 0 Å². The first kappa shape index (κ1) is 15.7. The number of ether oxygens (including phenoxy) is 3. The Balaban J connectivity index is 2.29. The molecule has 0 amide bonds. The van der Waals surface area contributed by atoms with Crippen molar-refractivity contribution in [2.75, 3.05) is 27.4 Å². The summed E-state index contributed by atoms with van der Waals surface area (Å²) in [5.74, 6) is 2.51. The second-order valence-corrected chi connectivity index (χ2v) is 5.10. The standard InChI is InChI=1S/C17H25NO3/c1-4-10-18-17(15-7-5-6-11-21-15)13-8-9-14(19-2)16(12-13)20-3/h7-9,12,17-18H,4-6,10-11H2,1-3H3. The number of hydrogen-bond donors (Lipinski definition) is 1. The lowest BCUT2D eigenvalue weighted by Gasteiger charge is -2.25. The van der Waals surface area contributed by atoms with Crippen molar-refractivity contribution in [3.63, 3.8) is 0 Å². The molecule has 0 aromatic heterocycles. The lowest BCUT2D eigenvalue weighted by atomic mass is 10.0. The quantitative estimate of drug-likeness (QED) is 0.835. The van der Waals surface area contributed by atoms with Gasteiger partial charge < -0.3 is 19.5 Å². The van der Waals surface area contributed by atoms with Gasteiger partial charge in [-0.05, 0) is 49.6 Å². The Morgan fingerprint density at radius 1 is 1.24 bits per heavy atom. The van der Waals surface area contributed by atoms with Crippen molar-refractivity contribution in [1.29, 1.82) is 0 Å². The molecule has 0 aliphatic carbocycles. The molecule has 0 saturated carbocycles. The molecular formula is C17H25NO3. The number of hydrogen-bond acceptors (Lipinski definition) is 4. The van der Waals surface area contributed by atoms with E-state index in [1.54, 1.807) is 14.2 Å². The zero-order valence-electron chi connectivity index (χ0n) is 13.1. The Labute approximate surface area is 127 Å². The summed E-state index contributed by atoms with van der Waals surface area (Å²) in [6.45, 7) is 3.90. The Hall–Kier alpha value is -1.68. The molecule has 1 atom stereocenters. The van der Waals surface area contributed by atoms with Crippen molar-refractivity contribution in [2.45, 2.75) is 32.2 Å². The number of allylic oxidation sites excluding steroid dienone is 1. The third-order valence-corrected chi connectivity index (χ3v) is 3.59. The fourth-order valence-electron chi connectivity index (χ4n) is 2.48. The van der Waals surface area contributed by atoms with Crippen molar-refractivity contribution < 1.29 is 14.2 Å². The van der Waals surface area contributed by atoms with Gasteiger partial charge in [0.2, 0.25) is 0 Å². The average Bonchev–Trinajstić information content (AvgIpc) is 2.56. The Morgan fingerprint density at radius 2 is 2.05 bits per heavy atom. The van der Waals surface area contributed by atoms with Gasteiger partial charge >= 0.3 is 0 Å². The molecule has 1 aliphatic rings. The van der Waals surface area contributed by atoms with Gasteiger partial charge in [-0.3, -0.25) is 0 Å². The monoisotopic (exact) mass is 291 g/mol. The average molecular weight is 291 g/mol. The normalized spacial score (nSPS) is 15.9. The maximum absolute atomic E-state index is 5.85. The van der Waals surface area contributed by atoms with Crippen molar-refractivity contribution in [3.8, 4) is 11.5 Å². The summed E-state index contributed by atoms with van der Waals surface area (Å²) in [6.07, 6.45) is 5.44. The Kier molecular flexibility index (Phi) is 5.93. The molecule has 0 bridgehead atoms. The fourth-order valence-corrected chi connectivity index (χ4v) is 2.48. The molecule has 1 heterocycles. The van der Waals surface area contributed by atoms with Crippen LogP contribution in [0.15, 0.2) is 30.0 Å². The summed E-state index contributed by atoms with van der Waals surface area (Å²) in [7, 11) is 3.31. The summed E-state index contributed by atoms with van der Waals surface area (Å²) in [6, 6.07) is 6.10. The van der Waals surface area contributed by atoms with Crippen molar-refractivity contribution in [1.82, 2.24) is 5.32 Å². The minimum Gasteiger partial charge on any atom is -0.496 e. The molecule has 21 heavy (non-hydrogen) atoms. The highest BCUT2D eigenvalue weighted by molar-refractivity contribution is 5.45. The van der Waals surface area contributed by atoms with E-state index in [4.69, 9.17) is 14.2 Å². The summed E-state index contributed by atoms with van der Waals surface area (Å²) >= 11 is 0. The van der Waals surface area contributed by atoms with E-state index in [0.717, 1.165) is 55.2 Å². The number of nitrogens with one attached hydrogen (secondary N) is 1. The predicted molar refractivity (Wildman–Crippen MR) is 83.8 cm³/mol. The van der Waals surface area contributed by atoms with Crippen molar-refractivity contribution in [2.24, 2.45) is 0 Å². The van der Waals surface area contributed by atoms with E-state index in [1.807, 2.05) is 12.1 Å². The first-order chi connectivity index (χ1) is 10.3. The van der Waals surface area contributed by atoms with Crippen LogP contribution in [0.25, 0.3) is 0 Å². The highest BCUT2D eigenvalue weighted by atomic mass is 16.5. The van der Waals surface area contributed by atoms with Crippen LogP contribution in [0.3, 0.4) is 0 Å². The first-order valence-electron chi connectivity index (χ1n) is 7.58. The van der Waals surface area contributed by atoms with Gasteiger partial charge in [-0.15, -0.1) is 0 Å². The molecule has 1 unspecified atom stereocenters. The Bertz CT molecular complexity index is 485. The third-order valence-electron chi connectivity index (χ3n) is 3.59. The number of benzene rings is 1. The van der Waals surface area contributed by atoms with E-state index in [2.05, 4.69) is 24.4 Å². The summed E-state index contributed by atoms with van der Waals surface area (Å²) in [5.41, 5.74) is 1.13. The minimum atomic E-state index is 0.0741. The lowest BCUT2D eigenvalue weighted by molar-refractivity contribution is 0.167. The molecule has 1 aromatic carbocycles. The molecule has 116 valence electrons. The third kappa shape index (κ3) is 3.91. The van der Waals surface area contributed by atoms with E-state index in [0.29, 0.717) is 0 Å². The van der Waals surface area contributed by atoms with Gasteiger partial charge in [0.05, 0.1) is 26.9 Å². The van der Waals surface area contributed by atoms with Crippen molar-refractivity contribution >= 4 is 0 Å². The van der Waals surface area contributed by atoms with Gasteiger partial charge in [0.15, 0.2) is 11.5 Å². The van der Waals surface area contributed by atoms with Gasteiger partial charge in [0, 0.05) is 0 Å². The van der Waals surface area contributed by atoms with Crippen LogP contribution in [0.5, 0.6) is 11.5 Å². The Morgan fingerprint density at radius 3 is 2.67 bits per heavy atom. The largest absolute Gasteiger partial charge is 0.496 e. The van der Waals surface area contributed by atoms with Crippen LogP contribution in [-0.2, 0) is 4.74 Å². The van der Waals surface area contributed by atoms with Crippen LogP contribution in [0.2, 0.25) is 0 Å². The second kappa shape index (κ2) is 7.93. The summed E-state index contributed by atoms with van der Waals surface area (Å²) < 4.78 is 16.6. The lowest BCUT2D eigenvalue weighted by Crippen LogP contribution is -2.26. The number of methoxy groups -OCH3 is 2. The van der Waals surface area contributed by atoms with Gasteiger partial charge in [-0.25, -0.2) is 0 Å². The molecule has 0 fully saturated rings. The van der Waals surface area contributed by atoms with E-state index < -0.39 is 0 Å². The predicted octanol–water partition coefficient (Wildman–Crippen LogP) is 3.44. The highest BCUT2D eigenvalue weighted by Crippen LogP contribution is 2.33.